The van der Waals surface area contributed by atoms with E-state index in [9.17, 15) is 8.42 Å². The highest BCUT2D eigenvalue weighted by atomic mass is 79.9. The highest BCUT2D eigenvalue weighted by molar-refractivity contribution is 9.10. The minimum absolute atomic E-state index is 0.0843. The van der Waals surface area contributed by atoms with Gasteiger partial charge in [0.1, 0.15) is 4.90 Å². The van der Waals surface area contributed by atoms with Crippen molar-refractivity contribution in [2.75, 3.05) is 0 Å². The van der Waals surface area contributed by atoms with Gasteiger partial charge >= 0.3 is 0 Å². The van der Waals surface area contributed by atoms with Crippen molar-refractivity contribution in [2.24, 2.45) is 5.92 Å². The van der Waals surface area contributed by atoms with Crippen molar-refractivity contribution in [1.29, 1.82) is 0 Å². The molecule has 17 heavy (non-hydrogen) atoms. The lowest BCUT2D eigenvalue weighted by atomic mass is 10.1. The summed E-state index contributed by atoms with van der Waals surface area (Å²) in [5, 5.41) is 0. The van der Waals surface area contributed by atoms with E-state index in [0.29, 0.717) is 10.4 Å². The van der Waals surface area contributed by atoms with E-state index in [1.165, 1.54) is 12.3 Å². The fraction of sp³-hybridized carbons (Fsp3) is 0.545. The summed E-state index contributed by atoms with van der Waals surface area (Å²) in [6.45, 7) is 5.99. The molecule has 1 heterocycles. The lowest BCUT2D eigenvalue weighted by molar-refractivity contribution is 0.482. The zero-order valence-electron chi connectivity index (χ0n) is 10.1. The second-order valence-corrected chi connectivity index (χ2v) is 7.12. The standard InChI is InChI=1S/C11H17BrN2O2S/c1-8(2)4-9(3)14-17(15,16)11-5-10(12)6-13-7-11/h5-9,14H,4H2,1-3H3. The third kappa shape index (κ3) is 4.73. The van der Waals surface area contributed by atoms with Crippen LogP contribution in [-0.4, -0.2) is 19.4 Å². The molecule has 96 valence electrons. The number of nitrogens with one attached hydrogen (secondary N) is 1. The smallest absolute Gasteiger partial charge is 0.242 e. The van der Waals surface area contributed by atoms with Gasteiger partial charge < -0.3 is 0 Å². The van der Waals surface area contributed by atoms with Crippen LogP contribution in [-0.2, 0) is 10.0 Å². The van der Waals surface area contributed by atoms with Crippen LogP contribution < -0.4 is 4.72 Å². The van der Waals surface area contributed by atoms with Crippen LogP contribution in [0.15, 0.2) is 27.8 Å². The van der Waals surface area contributed by atoms with Gasteiger partial charge in [0.25, 0.3) is 0 Å². The normalized spacial score (nSPS) is 13.9. The van der Waals surface area contributed by atoms with E-state index >= 15 is 0 Å². The van der Waals surface area contributed by atoms with Crippen LogP contribution in [0, 0.1) is 5.92 Å². The third-order valence-corrected chi connectivity index (χ3v) is 4.16. The predicted octanol–water partition coefficient (Wildman–Crippen LogP) is 2.56. The van der Waals surface area contributed by atoms with Gasteiger partial charge in [0.05, 0.1) is 0 Å². The number of rotatable bonds is 5. The third-order valence-electron chi connectivity index (χ3n) is 2.17. The molecule has 0 bridgehead atoms. The number of sulfonamides is 1. The van der Waals surface area contributed by atoms with Gasteiger partial charge in [-0.15, -0.1) is 0 Å². The molecule has 0 saturated carbocycles. The largest absolute Gasteiger partial charge is 0.262 e. The minimum Gasteiger partial charge on any atom is -0.262 e. The van der Waals surface area contributed by atoms with Crippen molar-refractivity contribution in [1.82, 2.24) is 9.71 Å². The average molecular weight is 321 g/mol. The SMILES string of the molecule is CC(C)CC(C)NS(=O)(=O)c1cncc(Br)c1. The zero-order chi connectivity index (χ0) is 13.1. The fourth-order valence-electron chi connectivity index (χ4n) is 1.63. The minimum atomic E-state index is -3.47. The second kappa shape index (κ2) is 5.93. The highest BCUT2D eigenvalue weighted by Gasteiger charge is 2.18. The first-order valence-corrected chi connectivity index (χ1v) is 7.72. The first-order valence-electron chi connectivity index (χ1n) is 5.44. The molecule has 0 aliphatic heterocycles. The number of aromatic nitrogens is 1. The number of hydrogen-bond acceptors (Lipinski definition) is 3. The lowest BCUT2D eigenvalue weighted by Crippen LogP contribution is -2.33. The summed E-state index contributed by atoms with van der Waals surface area (Å²) in [5.41, 5.74) is 0. The number of halogens is 1. The molecule has 0 aliphatic carbocycles. The van der Waals surface area contributed by atoms with E-state index in [0.717, 1.165) is 6.42 Å². The van der Waals surface area contributed by atoms with Gasteiger partial charge in [-0.05, 0) is 41.3 Å². The number of nitrogens with zero attached hydrogens (tertiary/aromatic N) is 1. The van der Waals surface area contributed by atoms with Gasteiger partial charge in [-0.2, -0.15) is 0 Å². The summed E-state index contributed by atoms with van der Waals surface area (Å²) >= 11 is 3.21. The van der Waals surface area contributed by atoms with Crippen molar-refractivity contribution < 1.29 is 8.42 Å². The van der Waals surface area contributed by atoms with Gasteiger partial charge in [-0.1, -0.05) is 13.8 Å². The summed E-state index contributed by atoms with van der Waals surface area (Å²) < 4.78 is 27.3. The fourth-order valence-corrected chi connectivity index (χ4v) is 3.39. The quantitative estimate of drug-likeness (QED) is 0.907. The van der Waals surface area contributed by atoms with E-state index < -0.39 is 10.0 Å². The summed E-state index contributed by atoms with van der Waals surface area (Å²) in [6.07, 6.45) is 3.70. The van der Waals surface area contributed by atoms with Gasteiger partial charge in [-0.25, -0.2) is 13.1 Å². The van der Waals surface area contributed by atoms with Crippen molar-refractivity contribution in [3.63, 3.8) is 0 Å². The topological polar surface area (TPSA) is 59.1 Å². The molecular weight excluding hydrogens is 304 g/mol. The molecule has 6 heteroatoms. The summed E-state index contributed by atoms with van der Waals surface area (Å²) in [5.74, 6) is 0.452. The van der Waals surface area contributed by atoms with Gasteiger partial charge in [-0.3, -0.25) is 4.98 Å². The van der Waals surface area contributed by atoms with E-state index in [-0.39, 0.29) is 10.9 Å². The van der Waals surface area contributed by atoms with Crippen LogP contribution in [0.25, 0.3) is 0 Å². The van der Waals surface area contributed by atoms with Crippen LogP contribution >= 0.6 is 15.9 Å². The van der Waals surface area contributed by atoms with Crippen LogP contribution in [0.1, 0.15) is 27.2 Å². The Morgan fingerprint density at radius 1 is 1.35 bits per heavy atom. The average Bonchev–Trinajstić information content (AvgIpc) is 2.15. The molecule has 1 atom stereocenters. The number of hydrogen-bond donors (Lipinski definition) is 1. The molecule has 4 nitrogen and oxygen atoms in total. The molecule has 0 spiro atoms. The van der Waals surface area contributed by atoms with Crippen LogP contribution in [0.4, 0.5) is 0 Å². The lowest BCUT2D eigenvalue weighted by Gasteiger charge is -2.15. The monoisotopic (exact) mass is 320 g/mol. The molecule has 0 radical (unpaired) electrons. The maximum Gasteiger partial charge on any atom is 0.242 e. The summed E-state index contributed by atoms with van der Waals surface area (Å²) in [7, 11) is -3.47. The molecule has 0 saturated heterocycles. The second-order valence-electron chi connectivity index (χ2n) is 4.49. The van der Waals surface area contributed by atoms with Gasteiger partial charge in [0.15, 0.2) is 0 Å². The Kier molecular flexibility index (Phi) is 5.09. The molecule has 1 unspecified atom stereocenters. The van der Waals surface area contributed by atoms with Crippen molar-refractivity contribution in [3.05, 3.63) is 22.9 Å². The Labute approximate surface area is 111 Å². The Morgan fingerprint density at radius 2 is 2.00 bits per heavy atom. The molecule has 1 rings (SSSR count). The van der Waals surface area contributed by atoms with Crippen molar-refractivity contribution in [3.8, 4) is 0 Å². The maximum absolute atomic E-state index is 12.0. The summed E-state index contributed by atoms with van der Waals surface area (Å²) in [4.78, 5) is 4.04. The Bertz CT molecular complexity index is 474. The van der Waals surface area contributed by atoms with Crippen LogP contribution in [0.2, 0.25) is 0 Å². The van der Waals surface area contributed by atoms with E-state index in [4.69, 9.17) is 0 Å². The molecule has 0 fully saturated rings. The van der Waals surface area contributed by atoms with E-state index in [1.54, 1.807) is 6.20 Å². The van der Waals surface area contributed by atoms with Crippen molar-refractivity contribution >= 4 is 26.0 Å². The molecule has 1 aromatic rings. The maximum atomic E-state index is 12.0. The Morgan fingerprint density at radius 3 is 2.53 bits per heavy atom. The molecule has 0 aromatic carbocycles. The molecule has 1 N–H and O–H groups in total. The molecule has 0 aliphatic rings. The van der Waals surface area contributed by atoms with Gasteiger partial charge in [0, 0.05) is 22.9 Å². The molecule has 0 amide bonds. The number of pyridine rings is 1. The van der Waals surface area contributed by atoms with E-state index in [2.05, 4.69) is 39.5 Å². The van der Waals surface area contributed by atoms with E-state index in [1.807, 2.05) is 6.92 Å². The van der Waals surface area contributed by atoms with Crippen LogP contribution in [0.3, 0.4) is 0 Å². The molecular formula is C11H17BrN2O2S. The first kappa shape index (κ1) is 14.6. The molecule has 1 aromatic heterocycles. The van der Waals surface area contributed by atoms with Gasteiger partial charge in [0.2, 0.25) is 10.0 Å². The highest BCUT2D eigenvalue weighted by Crippen LogP contribution is 2.15. The summed E-state index contributed by atoms with van der Waals surface area (Å²) in [6, 6.07) is 1.45. The predicted molar refractivity (Wildman–Crippen MR) is 71.2 cm³/mol. The Hall–Kier alpha value is -0.460. The zero-order valence-corrected chi connectivity index (χ0v) is 12.5. The first-order chi connectivity index (χ1) is 7.81. The Balaban J connectivity index is 2.82. The van der Waals surface area contributed by atoms with Crippen molar-refractivity contribution in [2.45, 2.75) is 38.1 Å². The van der Waals surface area contributed by atoms with Crippen LogP contribution in [0.5, 0.6) is 0 Å².